The molecule has 3 aliphatic heterocycles. The smallest absolute Gasteiger partial charge is 0.309 e. The van der Waals surface area contributed by atoms with Crippen molar-refractivity contribution >= 4 is 35.8 Å². The molecule has 444 valence electrons. The lowest BCUT2D eigenvalue weighted by molar-refractivity contribution is -0.320. The van der Waals surface area contributed by atoms with Gasteiger partial charge in [-0.05, 0) is 97.8 Å². The first kappa shape index (κ1) is 66.2. The van der Waals surface area contributed by atoms with Crippen LogP contribution in [0.3, 0.4) is 0 Å². The first-order valence-corrected chi connectivity index (χ1v) is 28.1. The van der Waals surface area contributed by atoms with Crippen LogP contribution in [0.5, 0.6) is 0 Å². The van der Waals surface area contributed by atoms with Gasteiger partial charge < -0.3 is 61.7 Å². The summed E-state index contributed by atoms with van der Waals surface area (Å²) in [6.45, 7) is 18.0. The summed E-state index contributed by atoms with van der Waals surface area (Å²) in [6, 6.07) is 9.58. The quantitative estimate of drug-likeness (QED) is 0.0506. The van der Waals surface area contributed by atoms with Gasteiger partial charge >= 0.3 is 35.8 Å². The molecule has 0 unspecified atom stereocenters. The summed E-state index contributed by atoms with van der Waals surface area (Å²) in [5, 5.41) is 0. The monoisotopic (exact) mass is 1110 g/mol. The van der Waals surface area contributed by atoms with Crippen LogP contribution < -0.4 is 0 Å². The summed E-state index contributed by atoms with van der Waals surface area (Å²) in [5.74, 6) is -5.22. The average Bonchev–Trinajstić information content (AvgIpc) is 3.36. The summed E-state index contributed by atoms with van der Waals surface area (Å²) >= 11 is 0. The van der Waals surface area contributed by atoms with E-state index >= 15 is 0 Å². The first-order chi connectivity index (χ1) is 37.0. The number of ether oxygens (including phenoxy) is 12. The van der Waals surface area contributed by atoms with Crippen LogP contribution >= 0.6 is 0 Å². The molecule has 3 fully saturated rings. The van der Waals surface area contributed by atoms with Crippen LogP contribution in [0.15, 0.2) is 30.3 Å². The van der Waals surface area contributed by atoms with E-state index in [-0.39, 0.29) is 38.0 Å². The molecule has 3 saturated heterocycles. The number of methoxy groups -OCH3 is 3. The van der Waals surface area contributed by atoms with Gasteiger partial charge in [0.05, 0.1) is 24.7 Å². The molecule has 0 bridgehead atoms. The van der Waals surface area contributed by atoms with Gasteiger partial charge in [-0.15, -0.1) is 0 Å². The number of rotatable bonds is 22. The number of esters is 6. The van der Waals surface area contributed by atoms with Crippen LogP contribution in [0.1, 0.15) is 139 Å². The third kappa shape index (κ3) is 19.8. The zero-order valence-electron chi connectivity index (χ0n) is 49.3. The standard InChI is InChI=1S/C58H94N2O18/c1-16-46(64)75-44-32-48(66)70-36(4)27-29-60(28-23-19-22-26-42-24-20-18-21-25-42)34-45(73-39(7)61)35(3)30-43(31-49(67-13)68-14)51(54(44)69-15)55-56(74-40(8)62)52(59(11)12)53(37(5)72-55)77-50-33-58(10,78-41(9)63)57(38(6)71-50)76-47(65)17-2/h18,20-21,24-25,35-38,43-45,49-57H,16-17,19,22-23,26-34H2,1-15H3/t35-,36-,37-,38+,43-,44-,45+,50-,51+,52+,53-,54-,55+,56-,57+,58-/m1/s1. The molecule has 0 spiro atoms. The highest BCUT2D eigenvalue weighted by Crippen LogP contribution is 2.44. The molecule has 3 aliphatic rings. The van der Waals surface area contributed by atoms with E-state index in [4.69, 9.17) is 56.8 Å². The first-order valence-electron chi connectivity index (χ1n) is 28.1. The molecule has 0 saturated carbocycles. The van der Waals surface area contributed by atoms with Crippen molar-refractivity contribution in [2.45, 2.75) is 225 Å². The highest BCUT2D eigenvalue weighted by atomic mass is 16.7. The van der Waals surface area contributed by atoms with Gasteiger partial charge in [-0.25, -0.2) is 0 Å². The van der Waals surface area contributed by atoms with Crippen molar-refractivity contribution in [1.82, 2.24) is 9.80 Å². The Morgan fingerprint density at radius 1 is 0.782 bits per heavy atom. The van der Waals surface area contributed by atoms with Crippen molar-refractivity contribution in [2.75, 3.05) is 55.1 Å². The number of cyclic esters (lactones) is 1. The van der Waals surface area contributed by atoms with Gasteiger partial charge in [0.2, 0.25) is 0 Å². The third-order valence-corrected chi connectivity index (χ3v) is 15.4. The predicted octanol–water partition coefficient (Wildman–Crippen LogP) is 6.78. The number of likely N-dealkylation sites (N-methyl/N-ethyl adjacent to an activating group) is 1. The Balaban J connectivity index is 1.89. The second-order valence-corrected chi connectivity index (χ2v) is 21.9. The fourth-order valence-corrected chi connectivity index (χ4v) is 11.7. The van der Waals surface area contributed by atoms with Crippen LogP contribution in [0.4, 0.5) is 0 Å². The molecule has 4 rings (SSSR count). The van der Waals surface area contributed by atoms with Crippen molar-refractivity contribution in [2.24, 2.45) is 17.8 Å². The minimum Gasteiger partial charge on any atom is -0.463 e. The molecule has 78 heavy (non-hydrogen) atoms. The molecule has 0 radical (unpaired) electrons. The van der Waals surface area contributed by atoms with Gasteiger partial charge in [0, 0.05) is 86.8 Å². The molecule has 0 N–H and O–H groups in total. The van der Waals surface area contributed by atoms with E-state index in [1.165, 1.54) is 47.7 Å². The summed E-state index contributed by atoms with van der Waals surface area (Å²) in [5.41, 5.74) is -0.0834. The van der Waals surface area contributed by atoms with Crippen LogP contribution in [0.2, 0.25) is 0 Å². The van der Waals surface area contributed by atoms with Gasteiger partial charge in [-0.1, -0.05) is 57.5 Å². The molecule has 0 aromatic heterocycles. The second-order valence-electron chi connectivity index (χ2n) is 21.9. The van der Waals surface area contributed by atoms with E-state index in [2.05, 4.69) is 17.0 Å². The Kier molecular flexibility index (Phi) is 27.4. The molecule has 0 amide bonds. The second kappa shape index (κ2) is 32.2. The maximum atomic E-state index is 14.3. The van der Waals surface area contributed by atoms with Crippen LogP contribution in [-0.2, 0) is 92.0 Å². The van der Waals surface area contributed by atoms with E-state index < -0.39 is 133 Å². The lowest BCUT2D eigenvalue weighted by atomic mass is 9.70. The van der Waals surface area contributed by atoms with Crippen LogP contribution in [0.25, 0.3) is 0 Å². The number of hydrogen-bond acceptors (Lipinski definition) is 20. The van der Waals surface area contributed by atoms with Gasteiger partial charge in [0.1, 0.15) is 42.7 Å². The Morgan fingerprint density at radius 2 is 1.44 bits per heavy atom. The minimum absolute atomic E-state index is 0.0139. The number of carbonyl (C=O) groups is 6. The lowest BCUT2D eigenvalue weighted by Crippen LogP contribution is -2.68. The van der Waals surface area contributed by atoms with Gasteiger partial charge in [-0.3, -0.25) is 33.7 Å². The molecule has 1 aromatic rings. The van der Waals surface area contributed by atoms with Crippen molar-refractivity contribution in [1.29, 1.82) is 0 Å². The largest absolute Gasteiger partial charge is 0.463 e. The predicted molar refractivity (Wildman–Crippen MR) is 286 cm³/mol. The Bertz CT molecular complexity index is 2020. The van der Waals surface area contributed by atoms with Crippen LogP contribution in [0, 0.1) is 17.8 Å². The zero-order valence-corrected chi connectivity index (χ0v) is 49.3. The maximum Gasteiger partial charge on any atom is 0.309 e. The topological polar surface area (TPSA) is 220 Å². The van der Waals surface area contributed by atoms with Crippen molar-refractivity contribution < 1.29 is 85.6 Å². The normalized spacial score (nSPS) is 32.7. The molecule has 1 aromatic carbocycles. The van der Waals surface area contributed by atoms with Gasteiger partial charge in [0.15, 0.2) is 24.3 Å². The Hall–Kier alpha value is -4.28. The van der Waals surface area contributed by atoms with E-state index in [1.54, 1.807) is 27.7 Å². The molecule has 20 heteroatoms. The maximum absolute atomic E-state index is 14.3. The van der Waals surface area contributed by atoms with Crippen LogP contribution in [-0.4, -0.2) is 186 Å². The molecule has 3 heterocycles. The van der Waals surface area contributed by atoms with E-state index in [9.17, 15) is 28.8 Å². The third-order valence-electron chi connectivity index (χ3n) is 15.4. The number of benzene rings is 1. The number of unbranched alkanes of at least 4 members (excludes halogenated alkanes) is 2. The van der Waals surface area contributed by atoms with E-state index in [0.717, 1.165) is 25.7 Å². The van der Waals surface area contributed by atoms with Crippen molar-refractivity contribution in [3.63, 3.8) is 0 Å². The van der Waals surface area contributed by atoms with Gasteiger partial charge in [-0.2, -0.15) is 0 Å². The molecule has 0 aliphatic carbocycles. The lowest BCUT2D eigenvalue weighted by Gasteiger charge is -2.54. The zero-order chi connectivity index (χ0) is 57.9. The number of nitrogens with zero attached hydrogens (tertiary/aromatic N) is 2. The fourth-order valence-electron chi connectivity index (χ4n) is 11.7. The summed E-state index contributed by atoms with van der Waals surface area (Å²) in [6.07, 6.45) is -6.65. The Labute approximate surface area is 463 Å². The van der Waals surface area contributed by atoms with Crippen molar-refractivity contribution in [3.05, 3.63) is 35.9 Å². The number of hydrogen-bond donors (Lipinski definition) is 0. The highest BCUT2D eigenvalue weighted by molar-refractivity contribution is 5.73. The summed E-state index contributed by atoms with van der Waals surface area (Å²) < 4.78 is 75.6. The summed E-state index contributed by atoms with van der Waals surface area (Å²) in [7, 11) is 8.15. The average molecular weight is 1110 g/mol. The van der Waals surface area contributed by atoms with Gasteiger partial charge in [0.25, 0.3) is 0 Å². The van der Waals surface area contributed by atoms with Crippen molar-refractivity contribution in [3.8, 4) is 0 Å². The number of carbonyl (C=O) groups excluding carboxylic acids is 6. The number of aryl methyl sites for hydroxylation is 1. The summed E-state index contributed by atoms with van der Waals surface area (Å²) in [4.78, 5) is 83.9. The molecule has 20 nitrogen and oxygen atoms in total. The minimum atomic E-state index is -1.37. The molecule has 16 atom stereocenters. The van der Waals surface area contributed by atoms with E-state index in [0.29, 0.717) is 32.5 Å². The van der Waals surface area contributed by atoms with E-state index in [1.807, 2.05) is 58.0 Å². The molecular formula is C58H94N2O18. The fraction of sp³-hybridized carbons (Fsp3) is 0.793. The molecular weight excluding hydrogens is 1010 g/mol. The Morgan fingerprint density at radius 3 is 2.03 bits per heavy atom. The SMILES string of the molecule is CCC(=O)O[C@@H]1CC(=O)O[C@H](C)CCN(CCCCCc2ccccc2)C[C@H](OC(C)=O)[C@H](C)C[C@H](CC(OC)OC)[C@H]([C@@H]2O[C@H](C)[C@@H](O[C@@H]3C[C@@](C)(OC(C)=O)[C@@H](OC(=O)CC)[C@H](C)O3)[C@H](N(C)C)[C@H]2OC(C)=O)[C@@H]1OC. The highest BCUT2D eigenvalue weighted by Gasteiger charge is 2.58.